The summed E-state index contributed by atoms with van der Waals surface area (Å²) in [6.45, 7) is 5.70. The van der Waals surface area contributed by atoms with E-state index in [2.05, 4.69) is 20.6 Å². The average molecular weight is 339 g/mol. The van der Waals surface area contributed by atoms with E-state index in [-0.39, 0.29) is 11.7 Å². The Bertz CT molecular complexity index is 684. The predicted molar refractivity (Wildman–Crippen MR) is 89.9 cm³/mol. The number of aryl methyl sites for hydroxylation is 1. The lowest BCUT2D eigenvalue weighted by Crippen LogP contribution is -2.18. The van der Waals surface area contributed by atoms with Gasteiger partial charge in [0.1, 0.15) is 17.3 Å². The van der Waals surface area contributed by atoms with Crippen molar-refractivity contribution in [3.63, 3.8) is 0 Å². The zero-order chi connectivity index (χ0) is 16.3. The van der Waals surface area contributed by atoms with Crippen LogP contribution in [0.3, 0.4) is 0 Å². The van der Waals surface area contributed by atoms with Crippen molar-refractivity contribution < 1.29 is 4.79 Å². The number of halogens is 2. The summed E-state index contributed by atoms with van der Waals surface area (Å²) in [6.07, 6.45) is 0. The fourth-order valence-corrected chi connectivity index (χ4v) is 2.34. The van der Waals surface area contributed by atoms with Crippen molar-refractivity contribution in [1.29, 1.82) is 0 Å². The molecule has 0 atom stereocenters. The van der Waals surface area contributed by atoms with Gasteiger partial charge in [0.2, 0.25) is 0 Å². The first-order valence-corrected chi connectivity index (χ1v) is 7.50. The Kier molecular flexibility index (Phi) is 5.21. The Hall–Kier alpha value is -1.85. The molecule has 0 aliphatic carbocycles. The van der Waals surface area contributed by atoms with Crippen LogP contribution >= 0.6 is 23.2 Å². The SMILES string of the molecule is Cc1nc(NC(C)C)cc(C(=O)Nc2c(Cl)cccc2Cl)n1. The summed E-state index contributed by atoms with van der Waals surface area (Å²) in [5.74, 6) is 0.700. The molecule has 0 aliphatic rings. The van der Waals surface area contributed by atoms with Gasteiger partial charge >= 0.3 is 0 Å². The maximum absolute atomic E-state index is 12.4. The number of hydrogen-bond acceptors (Lipinski definition) is 4. The molecule has 0 aliphatic heterocycles. The second kappa shape index (κ2) is 6.94. The normalized spacial score (nSPS) is 10.6. The van der Waals surface area contributed by atoms with E-state index in [4.69, 9.17) is 23.2 Å². The van der Waals surface area contributed by atoms with Crippen molar-refractivity contribution in [1.82, 2.24) is 9.97 Å². The van der Waals surface area contributed by atoms with E-state index in [1.807, 2.05) is 13.8 Å². The fourth-order valence-electron chi connectivity index (χ4n) is 1.85. The zero-order valence-electron chi connectivity index (χ0n) is 12.4. The molecule has 1 amide bonds. The van der Waals surface area contributed by atoms with Crippen LogP contribution in [-0.4, -0.2) is 21.9 Å². The lowest BCUT2D eigenvalue weighted by Gasteiger charge is -2.12. The van der Waals surface area contributed by atoms with Crippen LogP contribution < -0.4 is 10.6 Å². The summed E-state index contributed by atoms with van der Waals surface area (Å²) in [4.78, 5) is 20.8. The molecule has 0 spiro atoms. The Morgan fingerprint density at radius 3 is 2.41 bits per heavy atom. The van der Waals surface area contributed by atoms with Crippen molar-refractivity contribution in [3.8, 4) is 0 Å². The van der Waals surface area contributed by atoms with Gasteiger partial charge in [-0.3, -0.25) is 4.79 Å². The van der Waals surface area contributed by atoms with Gasteiger partial charge in [-0.1, -0.05) is 29.3 Å². The summed E-state index contributed by atoms with van der Waals surface area (Å²) in [5, 5.41) is 6.56. The number of carbonyl (C=O) groups is 1. The van der Waals surface area contributed by atoms with Crippen molar-refractivity contribution in [2.75, 3.05) is 10.6 Å². The summed E-state index contributed by atoms with van der Waals surface area (Å²) in [7, 11) is 0. The molecule has 1 aromatic heterocycles. The molecule has 0 fully saturated rings. The van der Waals surface area contributed by atoms with Gasteiger partial charge < -0.3 is 10.6 Å². The molecule has 0 saturated heterocycles. The molecule has 0 radical (unpaired) electrons. The van der Waals surface area contributed by atoms with Crippen LogP contribution in [-0.2, 0) is 0 Å². The van der Waals surface area contributed by atoms with Crippen LogP contribution in [0.15, 0.2) is 24.3 Å². The number of hydrogen-bond donors (Lipinski definition) is 2. The van der Waals surface area contributed by atoms with Gasteiger partial charge in [0.05, 0.1) is 15.7 Å². The van der Waals surface area contributed by atoms with Gasteiger partial charge in [0, 0.05) is 12.1 Å². The Morgan fingerprint density at radius 2 is 1.82 bits per heavy atom. The van der Waals surface area contributed by atoms with E-state index < -0.39 is 5.91 Å². The maximum atomic E-state index is 12.4. The Labute approximate surface area is 139 Å². The van der Waals surface area contributed by atoms with Crippen molar-refractivity contribution >= 4 is 40.6 Å². The summed E-state index contributed by atoms with van der Waals surface area (Å²) >= 11 is 12.1. The zero-order valence-corrected chi connectivity index (χ0v) is 14.0. The highest BCUT2D eigenvalue weighted by molar-refractivity contribution is 6.40. The third kappa shape index (κ3) is 4.08. The van der Waals surface area contributed by atoms with E-state index in [1.165, 1.54) is 0 Å². The Morgan fingerprint density at radius 1 is 1.18 bits per heavy atom. The molecule has 5 nitrogen and oxygen atoms in total. The first kappa shape index (κ1) is 16.5. The largest absolute Gasteiger partial charge is 0.368 e. The highest BCUT2D eigenvalue weighted by Gasteiger charge is 2.14. The predicted octanol–water partition coefficient (Wildman–Crippen LogP) is 4.16. The number of nitrogens with zero attached hydrogens (tertiary/aromatic N) is 2. The molecule has 0 unspecified atom stereocenters. The fraction of sp³-hybridized carbons (Fsp3) is 0.267. The minimum Gasteiger partial charge on any atom is -0.368 e. The van der Waals surface area contributed by atoms with Crippen molar-refractivity contribution in [2.45, 2.75) is 26.8 Å². The first-order valence-electron chi connectivity index (χ1n) is 6.74. The van der Waals surface area contributed by atoms with Gasteiger partial charge in [0.25, 0.3) is 5.91 Å². The minimum atomic E-state index is -0.396. The van der Waals surface area contributed by atoms with Gasteiger partial charge in [-0.25, -0.2) is 9.97 Å². The van der Waals surface area contributed by atoms with Crippen LogP contribution in [0, 0.1) is 6.92 Å². The van der Waals surface area contributed by atoms with Gasteiger partial charge in [-0.15, -0.1) is 0 Å². The van der Waals surface area contributed by atoms with Crippen LogP contribution in [0.2, 0.25) is 10.0 Å². The number of amides is 1. The molecule has 1 aromatic carbocycles. The molecule has 2 aromatic rings. The van der Waals surface area contributed by atoms with E-state index in [0.29, 0.717) is 27.4 Å². The maximum Gasteiger partial charge on any atom is 0.274 e. The molecular weight excluding hydrogens is 323 g/mol. The molecule has 0 bridgehead atoms. The summed E-state index contributed by atoms with van der Waals surface area (Å²) in [5.41, 5.74) is 0.608. The number of aromatic nitrogens is 2. The number of carbonyl (C=O) groups excluding carboxylic acids is 1. The second-order valence-electron chi connectivity index (χ2n) is 5.04. The highest BCUT2D eigenvalue weighted by Crippen LogP contribution is 2.30. The molecule has 7 heteroatoms. The second-order valence-corrected chi connectivity index (χ2v) is 5.85. The van der Waals surface area contributed by atoms with Crippen molar-refractivity contribution in [3.05, 3.63) is 45.8 Å². The van der Waals surface area contributed by atoms with E-state index >= 15 is 0 Å². The summed E-state index contributed by atoms with van der Waals surface area (Å²) in [6, 6.07) is 6.80. The number of para-hydroxylation sites is 1. The molecule has 2 rings (SSSR count). The highest BCUT2D eigenvalue weighted by atomic mass is 35.5. The minimum absolute atomic E-state index is 0.197. The lowest BCUT2D eigenvalue weighted by molar-refractivity contribution is 0.102. The molecule has 0 saturated carbocycles. The van der Waals surface area contributed by atoms with Crippen LogP contribution in [0.25, 0.3) is 0 Å². The Balaban J connectivity index is 2.28. The summed E-state index contributed by atoms with van der Waals surface area (Å²) < 4.78 is 0. The van der Waals surface area contributed by atoms with Crippen LogP contribution in [0.4, 0.5) is 11.5 Å². The molecule has 1 heterocycles. The third-order valence-corrected chi connectivity index (χ3v) is 3.34. The molecule has 2 N–H and O–H groups in total. The van der Waals surface area contributed by atoms with E-state index in [9.17, 15) is 4.79 Å². The molecule has 22 heavy (non-hydrogen) atoms. The lowest BCUT2D eigenvalue weighted by atomic mass is 10.3. The third-order valence-electron chi connectivity index (χ3n) is 2.71. The standard InChI is InChI=1S/C15H16Cl2N4O/c1-8(2)18-13-7-12(19-9(3)20-13)15(22)21-14-10(16)5-4-6-11(14)17/h4-8H,1-3H3,(H,21,22)(H,18,19,20). The molecular formula is C15H16Cl2N4O. The van der Waals surface area contributed by atoms with Gasteiger partial charge in [-0.2, -0.15) is 0 Å². The van der Waals surface area contributed by atoms with Crippen molar-refractivity contribution in [2.24, 2.45) is 0 Å². The number of rotatable bonds is 4. The first-order chi connectivity index (χ1) is 10.4. The van der Waals surface area contributed by atoms with Gasteiger partial charge in [-0.05, 0) is 32.9 Å². The number of benzene rings is 1. The number of anilines is 2. The van der Waals surface area contributed by atoms with E-state index in [1.54, 1.807) is 31.2 Å². The smallest absolute Gasteiger partial charge is 0.274 e. The van der Waals surface area contributed by atoms with E-state index in [0.717, 1.165) is 0 Å². The van der Waals surface area contributed by atoms with Crippen LogP contribution in [0.5, 0.6) is 0 Å². The average Bonchev–Trinajstić information content (AvgIpc) is 2.41. The van der Waals surface area contributed by atoms with Gasteiger partial charge in [0.15, 0.2) is 0 Å². The monoisotopic (exact) mass is 338 g/mol. The topological polar surface area (TPSA) is 66.9 Å². The molecule has 116 valence electrons. The van der Waals surface area contributed by atoms with Crippen LogP contribution in [0.1, 0.15) is 30.2 Å². The number of nitrogens with one attached hydrogen (secondary N) is 2. The quantitative estimate of drug-likeness (QED) is 0.878.